The fourth-order valence-electron chi connectivity index (χ4n) is 3.09. The average Bonchev–Trinajstić information content (AvgIpc) is 3.17. The lowest BCUT2D eigenvalue weighted by Gasteiger charge is -2.04. The van der Waals surface area contributed by atoms with E-state index in [1.54, 1.807) is 0 Å². The molecule has 0 aliphatic heterocycles. The molecule has 0 saturated heterocycles. The number of aromatic nitrogens is 2. The van der Waals surface area contributed by atoms with Crippen molar-refractivity contribution in [1.82, 2.24) is 10.1 Å². The third-order valence-electron chi connectivity index (χ3n) is 4.41. The third-order valence-corrected chi connectivity index (χ3v) is 4.41. The van der Waals surface area contributed by atoms with Crippen LogP contribution in [0.25, 0.3) is 0 Å². The highest BCUT2D eigenvalue weighted by atomic mass is 16.5. The maximum Gasteiger partial charge on any atom is 0.228 e. The largest absolute Gasteiger partial charge is 0.385 e. The number of nitrogens with zero attached hydrogens (tertiary/aromatic N) is 2. The minimum atomic E-state index is 0.509. The van der Waals surface area contributed by atoms with E-state index in [0.717, 1.165) is 36.3 Å². The zero-order valence-electron chi connectivity index (χ0n) is 12.6. The number of rotatable bonds is 6. The van der Waals surface area contributed by atoms with Crippen LogP contribution in [-0.4, -0.2) is 16.7 Å². The molecule has 0 radical (unpaired) electrons. The number of nitrogens with one attached hydrogen (secondary N) is 1. The first-order chi connectivity index (χ1) is 10.3. The van der Waals surface area contributed by atoms with Crippen molar-refractivity contribution < 1.29 is 4.52 Å². The molecule has 0 spiro atoms. The zero-order chi connectivity index (χ0) is 14.5. The van der Waals surface area contributed by atoms with Crippen LogP contribution < -0.4 is 5.32 Å². The summed E-state index contributed by atoms with van der Waals surface area (Å²) in [7, 11) is 0. The summed E-state index contributed by atoms with van der Waals surface area (Å²) >= 11 is 0. The van der Waals surface area contributed by atoms with Crippen molar-refractivity contribution in [2.75, 3.05) is 11.9 Å². The summed E-state index contributed by atoms with van der Waals surface area (Å²) in [5.74, 6) is 3.01. The van der Waals surface area contributed by atoms with E-state index in [2.05, 4.69) is 34.5 Å². The van der Waals surface area contributed by atoms with Crippen molar-refractivity contribution in [2.45, 2.75) is 44.9 Å². The molecule has 2 unspecified atom stereocenters. The van der Waals surface area contributed by atoms with Crippen LogP contribution in [0.5, 0.6) is 0 Å². The van der Waals surface area contributed by atoms with E-state index >= 15 is 0 Å². The Morgan fingerprint density at radius 1 is 1.24 bits per heavy atom. The van der Waals surface area contributed by atoms with Crippen molar-refractivity contribution in [3.05, 3.63) is 42.0 Å². The smallest absolute Gasteiger partial charge is 0.228 e. The standard InChI is InChI=1S/C17H23N3O/c1-2-13-8-9-14(12-13)17-19-16(21-20-17)10-11-18-15-6-4-3-5-7-15/h3-7,13-14,18H,2,8-12H2,1H3. The number of hydrogen-bond donors (Lipinski definition) is 1. The number of anilines is 1. The van der Waals surface area contributed by atoms with E-state index in [0.29, 0.717) is 5.92 Å². The minimum Gasteiger partial charge on any atom is -0.385 e. The van der Waals surface area contributed by atoms with Gasteiger partial charge in [0.1, 0.15) is 0 Å². The fraction of sp³-hybridized carbons (Fsp3) is 0.529. The quantitative estimate of drug-likeness (QED) is 0.871. The van der Waals surface area contributed by atoms with E-state index in [1.165, 1.54) is 25.7 Å². The maximum absolute atomic E-state index is 5.38. The molecule has 1 N–H and O–H groups in total. The zero-order valence-corrected chi connectivity index (χ0v) is 12.6. The molecule has 1 aliphatic carbocycles. The summed E-state index contributed by atoms with van der Waals surface area (Å²) in [4.78, 5) is 4.57. The van der Waals surface area contributed by atoms with Gasteiger partial charge in [-0.05, 0) is 37.3 Å². The van der Waals surface area contributed by atoms with Crippen LogP contribution in [0.3, 0.4) is 0 Å². The van der Waals surface area contributed by atoms with Gasteiger partial charge >= 0.3 is 0 Å². The monoisotopic (exact) mass is 285 g/mol. The Morgan fingerprint density at radius 2 is 2.10 bits per heavy atom. The molecule has 1 fully saturated rings. The fourth-order valence-corrected chi connectivity index (χ4v) is 3.09. The first-order valence-electron chi connectivity index (χ1n) is 7.96. The van der Waals surface area contributed by atoms with E-state index in [1.807, 2.05) is 18.2 Å². The van der Waals surface area contributed by atoms with Crippen LogP contribution in [0.1, 0.15) is 50.2 Å². The molecule has 112 valence electrons. The normalized spacial score (nSPS) is 21.6. The van der Waals surface area contributed by atoms with Crippen LogP contribution in [0.2, 0.25) is 0 Å². The Balaban J connectivity index is 1.49. The minimum absolute atomic E-state index is 0.509. The first kappa shape index (κ1) is 14.1. The number of benzene rings is 1. The second kappa shape index (κ2) is 6.74. The van der Waals surface area contributed by atoms with Gasteiger partial charge in [0, 0.05) is 24.6 Å². The SMILES string of the molecule is CCC1CCC(c2noc(CCNc3ccccc3)n2)C1. The maximum atomic E-state index is 5.38. The van der Waals surface area contributed by atoms with Crippen molar-refractivity contribution >= 4 is 5.69 Å². The summed E-state index contributed by atoms with van der Waals surface area (Å²) < 4.78 is 5.38. The second-order valence-electron chi connectivity index (χ2n) is 5.87. The van der Waals surface area contributed by atoms with Gasteiger partial charge in [-0.3, -0.25) is 0 Å². The van der Waals surface area contributed by atoms with Crippen molar-refractivity contribution in [3.8, 4) is 0 Å². The molecule has 0 amide bonds. The van der Waals surface area contributed by atoms with Crippen LogP contribution in [0, 0.1) is 5.92 Å². The Morgan fingerprint density at radius 3 is 2.86 bits per heavy atom. The van der Waals surface area contributed by atoms with Gasteiger partial charge in [-0.1, -0.05) is 36.7 Å². The van der Waals surface area contributed by atoms with Gasteiger partial charge in [0.15, 0.2) is 5.82 Å². The predicted octanol–water partition coefficient (Wildman–Crippen LogP) is 4.02. The number of para-hydroxylation sites is 1. The van der Waals surface area contributed by atoms with E-state index < -0.39 is 0 Å². The second-order valence-corrected chi connectivity index (χ2v) is 5.87. The van der Waals surface area contributed by atoms with Crippen LogP contribution in [0.4, 0.5) is 5.69 Å². The Labute approximate surface area is 126 Å². The van der Waals surface area contributed by atoms with E-state index in [-0.39, 0.29) is 0 Å². The molecule has 2 aromatic rings. The molecule has 0 bridgehead atoms. The first-order valence-corrected chi connectivity index (χ1v) is 7.96. The molecule has 3 rings (SSSR count). The molecule has 1 aromatic carbocycles. The van der Waals surface area contributed by atoms with E-state index in [4.69, 9.17) is 4.52 Å². The van der Waals surface area contributed by atoms with Crippen molar-refractivity contribution in [3.63, 3.8) is 0 Å². The Kier molecular flexibility index (Phi) is 4.53. The highest BCUT2D eigenvalue weighted by Crippen LogP contribution is 2.38. The highest BCUT2D eigenvalue weighted by molar-refractivity contribution is 5.42. The van der Waals surface area contributed by atoms with Gasteiger partial charge in [-0.25, -0.2) is 0 Å². The average molecular weight is 285 g/mol. The molecule has 1 aromatic heterocycles. The van der Waals surface area contributed by atoms with Crippen LogP contribution in [0.15, 0.2) is 34.9 Å². The highest BCUT2D eigenvalue weighted by Gasteiger charge is 2.28. The summed E-state index contributed by atoms with van der Waals surface area (Å²) in [6.07, 6.45) is 5.77. The van der Waals surface area contributed by atoms with Gasteiger partial charge in [0.05, 0.1) is 0 Å². The third kappa shape index (κ3) is 3.63. The molecule has 1 aliphatic rings. The molecule has 1 heterocycles. The van der Waals surface area contributed by atoms with Gasteiger partial charge < -0.3 is 9.84 Å². The lowest BCUT2D eigenvalue weighted by Crippen LogP contribution is -2.05. The molecule has 4 nitrogen and oxygen atoms in total. The van der Waals surface area contributed by atoms with Gasteiger partial charge in [0.2, 0.25) is 5.89 Å². The Bertz CT molecular complexity index is 552. The molecule has 1 saturated carbocycles. The summed E-state index contributed by atoms with van der Waals surface area (Å²) in [6.45, 7) is 3.08. The van der Waals surface area contributed by atoms with Gasteiger partial charge in [-0.15, -0.1) is 0 Å². The summed E-state index contributed by atoms with van der Waals surface area (Å²) in [5.41, 5.74) is 1.12. The summed E-state index contributed by atoms with van der Waals surface area (Å²) in [6, 6.07) is 10.2. The molecule has 4 heteroatoms. The van der Waals surface area contributed by atoms with Crippen LogP contribution in [-0.2, 0) is 6.42 Å². The lowest BCUT2D eigenvalue weighted by atomic mass is 10.0. The van der Waals surface area contributed by atoms with Gasteiger partial charge in [-0.2, -0.15) is 4.98 Å². The topological polar surface area (TPSA) is 51.0 Å². The van der Waals surface area contributed by atoms with Crippen LogP contribution >= 0.6 is 0 Å². The van der Waals surface area contributed by atoms with E-state index in [9.17, 15) is 0 Å². The number of hydrogen-bond acceptors (Lipinski definition) is 4. The van der Waals surface area contributed by atoms with Crippen molar-refractivity contribution in [2.24, 2.45) is 5.92 Å². The molecule has 2 atom stereocenters. The summed E-state index contributed by atoms with van der Waals surface area (Å²) in [5, 5.41) is 7.54. The molecule has 21 heavy (non-hydrogen) atoms. The Hall–Kier alpha value is -1.84. The lowest BCUT2D eigenvalue weighted by molar-refractivity contribution is 0.371. The van der Waals surface area contributed by atoms with Crippen molar-refractivity contribution in [1.29, 1.82) is 0 Å². The van der Waals surface area contributed by atoms with Gasteiger partial charge in [0.25, 0.3) is 0 Å². The predicted molar refractivity (Wildman–Crippen MR) is 83.3 cm³/mol. The molecular weight excluding hydrogens is 262 g/mol. The molecular formula is C17H23N3O.